The lowest BCUT2D eigenvalue weighted by molar-refractivity contribution is -0.139. The quantitative estimate of drug-likeness (QED) is 0.775. The predicted octanol–water partition coefficient (Wildman–Crippen LogP) is 1.76. The highest BCUT2D eigenvalue weighted by Crippen LogP contribution is 2.21. The normalized spacial score (nSPS) is 26.1. The van der Waals surface area contributed by atoms with Gasteiger partial charge in [-0.15, -0.1) is 0 Å². The number of carbonyl (C=O) groups excluding carboxylic acids is 1. The van der Waals surface area contributed by atoms with E-state index in [0.29, 0.717) is 5.91 Å². The average Bonchev–Trinajstić information content (AvgIpc) is 2.27. The molecule has 1 heterocycles. The Hall–Kier alpha value is -0.570. The highest BCUT2D eigenvalue weighted by atomic mass is 16.2. The van der Waals surface area contributed by atoms with Gasteiger partial charge in [-0.1, -0.05) is 13.8 Å². The van der Waals surface area contributed by atoms with Crippen molar-refractivity contribution in [3.05, 3.63) is 0 Å². The van der Waals surface area contributed by atoms with Gasteiger partial charge in [-0.05, 0) is 32.6 Å². The van der Waals surface area contributed by atoms with Gasteiger partial charge in [0.2, 0.25) is 5.91 Å². The number of nitrogens with zero attached hydrogens (tertiary/aromatic N) is 1. The number of carbonyl (C=O) groups is 1. The smallest absolute Gasteiger partial charge is 0.225 e. The van der Waals surface area contributed by atoms with Gasteiger partial charge in [0.15, 0.2) is 0 Å². The Morgan fingerprint density at radius 1 is 1.47 bits per heavy atom. The molecule has 0 aromatic heterocycles. The molecule has 0 aromatic rings. The van der Waals surface area contributed by atoms with E-state index in [9.17, 15) is 4.79 Å². The molecule has 1 aliphatic heterocycles. The van der Waals surface area contributed by atoms with Crippen molar-refractivity contribution >= 4 is 5.91 Å². The number of hydrogen-bond acceptors (Lipinski definition) is 2. The summed E-state index contributed by atoms with van der Waals surface area (Å²) in [4.78, 5) is 14.1. The molecule has 1 rings (SSSR count). The fraction of sp³-hybridized carbons (Fsp3) is 0.917. The molecule has 1 amide bonds. The van der Waals surface area contributed by atoms with Crippen LogP contribution in [-0.4, -0.2) is 29.4 Å². The van der Waals surface area contributed by atoms with E-state index in [1.165, 1.54) is 6.42 Å². The third-order valence-corrected chi connectivity index (χ3v) is 3.47. The van der Waals surface area contributed by atoms with Gasteiger partial charge >= 0.3 is 0 Å². The van der Waals surface area contributed by atoms with Gasteiger partial charge in [-0.2, -0.15) is 0 Å². The molecule has 0 aromatic carbocycles. The van der Waals surface area contributed by atoms with Crippen molar-refractivity contribution in [2.24, 2.45) is 11.7 Å². The van der Waals surface area contributed by atoms with E-state index < -0.39 is 0 Å². The summed E-state index contributed by atoms with van der Waals surface area (Å²) in [6.07, 6.45) is 4.32. The second kappa shape index (κ2) is 5.50. The van der Waals surface area contributed by atoms with E-state index in [4.69, 9.17) is 5.73 Å². The maximum atomic E-state index is 12.1. The second-order valence-electron chi connectivity index (χ2n) is 4.76. The molecular weight excluding hydrogens is 188 g/mol. The summed E-state index contributed by atoms with van der Waals surface area (Å²) in [5, 5.41) is 0. The fourth-order valence-electron chi connectivity index (χ4n) is 2.24. The summed E-state index contributed by atoms with van der Waals surface area (Å²) in [5.74, 6) is 0.434. The third-order valence-electron chi connectivity index (χ3n) is 3.47. The summed E-state index contributed by atoms with van der Waals surface area (Å²) in [7, 11) is 0. The molecule has 88 valence electrons. The van der Waals surface area contributed by atoms with Crippen LogP contribution in [-0.2, 0) is 4.79 Å². The predicted molar refractivity (Wildman–Crippen MR) is 62.5 cm³/mol. The van der Waals surface area contributed by atoms with Crippen LogP contribution in [0.5, 0.6) is 0 Å². The first-order valence-corrected chi connectivity index (χ1v) is 6.14. The van der Waals surface area contributed by atoms with Crippen molar-refractivity contribution in [3.8, 4) is 0 Å². The van der Waals surface area contributed by atoms with Crippen molar-refractivity contribution in [3.63, 3.8) is 0 Å². The number of likely N-dealkylation sites (tertiary alicyclic amines) is 1. The molecule has 1 saturated heterocycles. The van der Waals surface area contributed by atoms with E-state index in [2.05, 4.69) is 6.92 Å². The molecule has 0 spiro atoms. The molecular formula is C12H24N2O. The molecule has 0 radical (unpaired) electrons. The number of amides is 1. The lowest BCUT2D eigenvalue weighted by atomic mass is 9.95. The van der Waals surface area contributed by atoms with Gasteiger partial charge in [0, 0.05) is 24.5 Å². The first-order chi connectivity index (χ1) is 7.07. The van der Waals surface area contributed by atoms with Gasteiger partial charge < -0.3 is 10.6 Å². The van der Waals surface area contributed by atoms with Crippen LogP contribution in [0.15, 0.2) is 0 Å². The van der Waals surface area contributed by atoms with E-state index >= 15 is 0 Å². The monoisotopic (exact) mass is 212 g/mol. The van der Waals surface area contributed by atoms with Gasteiger partial charge in [0.1, 0.15) is 0 Å². The SMILES string of the molecule is CCC(C)C(=O)N1CCCCC1C(C)N. The lowest BCUT2D eigenvalue weighted by Crippen LogP contribution is -2.53. The fourth-order valence-corrected chi connectivity index (χ4v) is 2.24. The summed E-state index contributed by atoms with van der Waals surface area (Å²) in [6, 6.07) is 0.360. The minimum absolute atomic E-state index is 0.0957. The molecule has 0 saturated carbocycles. The molecule has 2 N–H and O–H groups in total. The molecule has 1 aliphatic rings. The Balaban J connectivity index is 2.67. The first kappa shape index (κ1) is 12.5. The highest BCUT2D eigenvalue weighted by Gasteiger charge is 2.30. The van der Waals surface area contributed by atoms with Crippen LogP contribution < -0.4 is 5.73 Å². The first-order valence-electron chi connectivity index (χ1n) is 6.14. The molecule has 15 heavy (non-hydrogen) atoms. The number of piperidine rings is 1. The molecule has 3 nitrogen and oxygen atoms in total. The summed E-state index contributed by atoms with van der Waals surface area (Å²) >= 11 is 0. The largest absolute Gasteiger partial charge is 0.338 e. The number of rotatable bonds is 3. The molecule has 3 heteroatoms. The van der Waals surface area contributed by atoms with Crippen LogP contribution in [0.4, 0.5) is 0 Å². The molecule has 3 atom stereocenters. The van der Waals surface area contributed by atoms with Crippen molar-refractivity contribution < 1.29 is 4.79 Å². The van der Waals surface area contributed by atoms with Crippen molar-refractivity contribution in [2.45, 2.75) is 58.5 Å². The Morgan fingerprint density at radius 3 is 2.67 bits per heavy atom. The topological polar surface area (TPSA) is 46.3 Å². The number of nitrogens with two attached hydrogens (primary N) is 1. The van der Waals surface area contributed by atoms with Gasteiger partial charge in [-0.3, -0.25) is 4.79 Å². The third kappa shape index (κ3) is 2.94. The van der Waals surface area contributed by atoms with Crippen LogP contribution >= 0.6 is 0 Å². The second-order valence-corrected chi connectivity index (χ2v) is 4.76. The van der Waals surface area contributed by atoms with E-state index in [-0.39, 0.29) is 18.0 Å². The van der Waals surface area contributed by atoms with E-state index in [1.54, 1.807) is 0 Å². The van der Waals surface area contributed by atoms with Crippen LogP contribution in [0.1, 0.15) is 46.5 Å². The zero-order chi connectivity index (χ0) is 11.4. The summed E-state index contributed by atoms with van der Waals surface area (Å²) in [6.45, 7) is 6.98. The Labute approximate surface area is 93.0 Å². The zero-order valence-corrected chi connectivity index (χ0v) is 10.2. The molecule has 3 unspecified atom stereocenters. The minimum atomic E-state index is 0.0957. The van der Waals surface area contributed by atoms with Gasteiger partial charge in [0.25, 0.3) is 0 Å². The molecule has 0 bridgehead atoms. The maximum Gasteiger partial charge on any atom is 0.225 e. The summed E-state index contributed by atoms with van der Waals surface area (Å²) < 4.78 is 0. The standard InChI is InChI=1S/C12H24N2O/c1-4-9(2)12(15)14-8-6-5-7-11(14)10(3)13/h9-11H,4-8,13H2,1-3H3. The minimum Gasteiger partial charge on any atom is -0.338 e. The average molecular weight is 212 g/mol. The lowest BCUT2D eigenvalue weighted by Gasteiger charge is -2.39. The summed E-state index contributed by atoms with van der Waals surface area (Å²) in [5.41, 5.74) is 5.94. The zero-order valence-electron chi connectivity index (χ0n) is 10.2. The Morgan fingerprint density at radius 2 is 2.13 bits per heavy atom. The molecule has 0 aliphatic carbocycles. The van der Waals surface area contributed by atoms with Crippen LogP contribution in [0.25, 0.3) is 0 Å². The van der Waals surface area contributed by atoms with Crippen molar-refractivity contribution in [1.82, 2.24) is 4.90 Å². The highest BCUT2D eigenvalue weighted by molar-refractivity contribution is 5.78. The van der Waals surface area contributed by atoms with Crippen molar-refractivity contribution in [2.75, 3.05) is 6.54 Å². The van der Waals surface area contributed by atoms with Crippen LogP contribution in [0, 0.1) is 5.92 Å². The maximum absolute atomic E-state index is 12.1. The Bertz CT molecular complexity index is 216. The van der Waals surface area contributed by atoms with Crippen molar-refractivity contribution in [1.29, 1.82) is 0 Å². The van der Waals surface area contributed by atoms with Crippen LogP contribution in [0.3, 0.4) is 0 Å². The van der Waals surface area contributed by atoms with Gasteiger partial charge in [0.05, 0.1) is 0 Å². The van der Waals surface area contributed by atoms with E-state index in [1.807, 2.05) is 18.7 Å². The number of hydrogen-bond donors (Lipinski definition) is 1. The van der Waals surface area contributed by atoms with Crippen LogP contribution in [0.2, 0.25) is 0 Å². The van der Waals surface area contributed by atoms with Gasteiger partial charge in [-0.25, -0.2) is 0 Å². The molecule has 1 fully saturated rings. The Kier molecular flexibility index (Phi) is 4.58. The van der Waals surface area contributed by atoms with E-state index in [0.717, 1.165) is 25.8 Å².